The van der Waals surface area contributed by atoms with Gasteiger partial charge in [-0.2, -0.15) is 26.7 Å². The van der Waals surface area contributed by atoms with E-state index in [-0.39, 0.29) is 0 Å². The first-order chi connectivity index (χ1) is 8.69. The Bertz CT molecular complexity index is 391. The lowest BCUT2D eigenvalue weighted by Gasteiger charge is -2.14. The molecule has 0 saturated carbocycles. The van der Waals surface area contributed by atoms with Crippen LogP contribution in [0.3, 0.4) is 0 Å². The van der Waals surface area contributed by atoms with Gasteiger partial charge in [0.15, 0.2) is 0 Å². The van der Waals surface area contributed by atoms with Gasteiger partial charge in [-0.3, -0.25) is 0 Å². The number of nitrogens with one attached hydrogen (secondary N) is 2. The van der Waals surface area contributed by atoms with Crippen molar-refractivity contribution in [3.63, 3.8) is 0 Å². The van der Waals surface area contributed by atoms with E-state index < -0.39 is 0 Å². The second kappa shape index (κ2) is 6.08. The molecule has 1 aromatic heterocycles. The zero-order valence-electron chi connectivity index (χ0n) is 11.1. The molecule has 100 valence electrons. The highest BCUT2D eigenvalue weighted by Gasteiger charge is 2.16. The lowest BCUT2D eigenvalue weighted by Crippen LogP contribution is -2.19. The first-order valence-electron chi connectivity index (χ1n) is 6.15. The number of hydrogen-bond donors (Lipinski definition) is 2. The van der Waals surface area contributed by atoms with Crippen LogP contribution < -0.4 is 15.5 Å². The maximum absolute atomic E-state index is 4.39. The number of nitrogens with zero attached hydrogens (tertiary/aromatic N) is 4. The fraction of sp³-hybridized carbons (Fsp3) is 0.727. The fourth-order valence-corrected chi connectivity index (χ4v) is 2.97. The van der Waals surface area contributed by atoms with E-state index in [2.05, 4.69) is 25.6 Å². The van der Waals surface area contributed by atoms with Gasteiger partial charge in [-0.15, -0.1) is 0 Å². The minimum absolute atomic E-state index is 0.593. The van der Waals surface area contributed by atoms with Crippen molar-refractivity contribution in [3.05, 3.63) is 0 Å². The molecular formula is C11H20N6S. The van der Waals surface area contributed by atoms with Gasteiger partial charge in [0.1, 0.15) is 0 Å². The maximum atomic E-state index is 4.39. The van der Waals surface area contributed by atoms with E-state index in [1.54, 1.807) is 0 Å². The molecule has 1 aromatic rings. The minimum Gasteiger partial charge on any atom is -0.357 e. The van der Waals surface area contributed by atoms with Crippen LogP contribution in [-0.4, -0.2) is 53.6 Å². The summed E-state index contributed by atoms with van der Waals surface area (Å²) in [6, 6.07) is 0. The average Bonchev–Trinajstić information content (AvgIpc) is 2.89. The Kier molecular flexibility index (Phi) is 4.46. The van der Waals surface area contributed by atoms with Crippen LogP contribution in [0.5, 0.6) is 0 Å². The summed E-state index contributed by atoms with van der Waals surface area (Å²) in [6.45, 7) is 0.921. The van der Waals surface area contributed by atoms with E-state index in [0.29, 0.717) is 23.1 Å². The summed E-state index contributed by atoms with van der Waals surface area (Å²) in [5, 5.41) is 6.95. The molecule has 1 aliphatic heterocycles. The van der Waals surface area contributed by atoms with Gasteiger partial charge >= 0.3 is 0 Å². The summed E-state index contributed by atoms with van der Waals surface area (Å²) in [4.78, 5) is 14.9. The predicted molar refractivity (Wildman–Crippen MR) is 77.7 cm³/mol. The number of rotatable bonds is 5. The van der Waals surface area contributed by atoms with E-state index in [1.807, 2.05) is 37.8 Å². The van der Waals surface area contributed by atoms with Crippen LogP contribution in [0.25, 0.3) is 0 Å². The summed E-state index contributed by atoms with van der Waals surface area (Å²) in [5.41, 5.74) is 0. The normalized spacial score (nSPS) is 18.7. The van der Waals surface area contributed by atoms with Crippen molar-refractivity contribution >= 4 is 29.6 Å². The van der Waals surface area contributed by atoms with Crippen LogP contribution in [0.1, 0.15) is 12.8 Å². The molecule has 6 nitrogen and oxygen atoms in total. The van der Waals surface area contributed by atoms with E-state index in [4.69, 9.17) is 0 Å². The Morgan fingerprint density at radius 2 is 2.06 bits per heavy atom. The standard InChI is InChI=1S/C11H20N6S/c1-12-9-14-10(16-11(15-9)17(2)3)13-7-8-5-4-6-18-8/h8H,4-7H2,1-3H3,(H2,12,13,14,15,16). The molecule has 1 atom stereocenters. The molecule has 1 unspecified atom stereocenters. The summed E-state index contributed by atoms with van der Waals surface area (Å²) >= 11 is 2.02. The van der Waals surface area contributed by atoms with Crippen molar-refractivity contribution in [2.75, 3.05) is 49.0 Å². The van der Waals surface area contributed by atoms with Crippen LogP contribution >= 0.6 is 11.8 Å². The molecule has 0 radical (unpaired) electrons. The van der Waals surface area contributed by atoms with Gasteiger partial charge in [0.25, 0.3) is 0 Å². The van der Waals surface area contributed by atoms with Gasteiger partial charge in [0, 0.05) is 32.9 Å². The maximum Gasteiger partial charge on any atom is 0.231 e. The molecule has 1 saturated heterocycles. The molecule has 7 heteroatoms. The third-order valence-corrected chi connectivity index (χ3v) is 4.16. The minimum atomic E-state index is 0.593. The van der Waals surface area contributed by atoms with Crippen molar-refractivity contribution in [2.24, 2.45) is 0 Å². The number of hydrogen-bond acceptors (Lipinski definition) is 7. The highest BCUT2D eigenvalue weighted by molar-refractivity contribution is 8.00. The Balaban J connectivity index is 2.03. The zero-order chi connectivity index (χ0) is 13.0. The topological polar surface area (TPSA) is 66.0 Å². The lowest BCUT2D eigenvalue weighted by atomic mass is 10.2. The largest absolute Gasteiger partial charge is 0.357 e. The third-order valence-electron chi connectivity index (χ3n) is 2.76. The number of thioether (sulfide) groups is 1. The van der Waals surface area contributed by atoms with E-state index in [1.165, 1.54) is 18.6 Å². The Morgan fingerprint density at radius 1 is 1.28 bits per heavy atom. The first kappa shape index (κ1) is 13.2. The molecule has 1 aliphatic rings. The summed E-state index contributed by atoms with van der Waals surface area (Å²) < 4.78 is 0. The van der Waals surface area contributed by atoms with E-state index >= 15 is 0 Å². The summed E-state index contributed by atoms with van der Waals surface area (Å²) in [7, 11) is 5.65. The van der Waals surface area contributed by atoms with Crippen molar-refractivity contribution in [2.45, 2.75) is 18.1 Å². The average molecular weight is 268 g/mol. The summed E-state index contributed by atoms with van der Waals surface area (Å²) in [6.07, 6.45) is 2.60. The quantitative estimate of drug-likeness (QED) is 0.834. The van der Waals surface area contributed by atoms with E-state index in [0.717, 1.165) is 6.54 Å². The number of aromatic nitrogens is 3. The van der Waals surface area contributed by atoms with Crippen molar-refractivity contribution in [3.8, 4) is 0 Å². The van der Waals surface area contributed by atoms with Crippen LogP contribution in [0.15, 0.2) is 0 Å². The monoisotopic (exact) mass is 268 g/mol. The number of anilines is 3. The first-order valence-corrected chi connectivity index (χ1v) is 7.20. The Morgan fingerprint density at radius 3 is 2.67 bits per heavy atom. The fourth-order valence-electron chi connectivity index (χ4n) is 1.77. The second-order valence-electron chi connectivity index (χ2n) is 4.44. The van der Waals surface area contributed by atoms with E-state index in [9.17, 15) is 0 Å². The smallest absolute Gasteiger partial charge is 0.231 e. The molecule has 0 spiro atoms. The predicted octanol–water partition coefficient (Wildman–Crippen LogP) is 1.29. The lowest BCUT2D eigenvalue weighted by molar-refractivity contribution is 0.799. The van der Waals surface area contributed by atoms with Crippen molar-refractivity contribution in [1.82, 2.24) is 15.0 Å². The molecule has 2 N–H and O–H groups in total. The molecule has 0 aliphatic carbocycles. The Hall–Kier alpha value is -1.24. The zero-order valence-corrected chi connectivity index (χ0v) is 11.9. The molecule has 0 aromatic carbocycles. The van der Waals surface area contributed by atoms with Gasteiger partial charge in [-0.1, -0.05) is 0 Å². The van der Waals surface area contributed by atoms with Crippen LogP contribution in [0.2, 0.25) is 0 Å². The second-order valence-corrected chi connectivity index (χ2v) is 5.85. The molecule has 0 bridgehead atoms. The van der Waals surface area contributed by atoms with Crippen LogP contribution in [0.4, 0.5) is 17.8 Å². The molecule has 1 fully saturated rings. The third kappa shape index (κ3) is 3.38. The van der Waals surface area contributed by atoms with Crippen molar-refractivity contribution in [1.29, 1.82) is 0 Å². The van der Waals surface area contributed by atoms with Gasteiger partial charge in [-0.05, 0) is 18.6 Å². The SMILES string of the molecule is CNc1nc(NCC2CCCS2)nc(N(C)C)n1. The summed E-state index contributed by atoms with van der Waals surface area (Å²) in [5.74, 6) is 3.17. The van der Waals surface area contributed by atoms with Gasteiger partial charge < -0.3 is 15.5 Å². The molecule has 18 heavy (non-hydrogen) atoms. The highest BCUT2D eigenvalue weighted by atomic mass is 32.2. The molecular weight excluding hydrogens is 248 g/mol. The molecule has 2 heterocycles. The van der Waals surface area contributed by atoms with Crippen molar-refractivity contribution < 1.29 is 0 Å². The molecule has 0 amide bonds. The van der Waals surface area contributed by atoms with Crippen LogP contribution in [-0.2, 0) is 0 Å². The Labute approximate surface area is 112 Å². The highest BCUT2D eigenvalue weighted by Crippen LogP contribution is 2.26. The van der Waals surface area contributed by atoms with Gasteiger partial charge in [0.2, 0.25) is 17.8 Å². The van der Waals surface area contributed by atoms with Gasteiger partial charge in [-0.25, -0.2) is 0 Å². The van der Waals surface area contributed by atoms with Crippen LogP contribution in [0, 0.1) is 0 Å². The molecule has 2 rings (SSSR count). The van der Waals surface area contributed by atoms with Gasteiger partial charge in [0.05, 0.1) is 0 Å².